The Morgan fingerprint density at radius 2 is 1.70 bits per heavy atom. The molecule has 4 nitrogen and oxygen atoms in total. The van der Waals surface area contributed by atoms with Crippen LogP contribution in [0.15, 0.2) is 53.6 Å². The lowest BCUT2D eigenvalue weighted by atomic mass is 10.1. The van der Waals surface area contributed by atoms with E-state index in [9.17, 15) is 18.0 Å². The molecule has 140 valence electrons. The SMILES string of the molecule is CN(C)C(=O)c1ccc(CSc2nc(C(F)(F)F)nc3ccccc23)cc1. The van der Waals surface area contributed by atoms with Crippen LogP contribution < -0.4 is 0 Å². The highest BCUT2D eigenvalue weighted by molar-refractivity contribution is 7.98. The van der Waals surface area contributed by atoms with Gasteiger partial charge in [-0.05, 0) is 23.8 Å². The largest absolute Gasteiger partial charge is 0.451 e. The Hall–Kier alpha value is -2.61. The highest BCUT2D eigenvalue weighted by atomic mass is 32.2. The summed E-state index contributed by atoms with van der Waals surface area (Å²) in [6, 6.07) is 13.6. The van der Waals surface area contributed by atoms with E-state index in [2.05, 4.69) is 9.97 Å². The molecule has 0 spiro atoms. The number of hydrogen-bond acceptors (Lipinski definition) is 4. The van der Waals surface area contributed by atoms with Gasteiger partial charge in [-0.2, -0.15) is 13.2 Å². The molecule has 0 saturated heterocycles. The number of halogens is 3. The number of carbonyl (C=O) groups excluding carboxylic acids is 1. The highest BCUT2D eigenvalue weighted by Gasteiger charge is 2.35. The van der Waals surface area contributed by atoms with Gasteiger partial charge < -0.3 is 4.90 Å². The average molecular weight is 391 g/mol. The molecule has 0 bridgehead atoms. The summed E-state index contributed by atoms with van der Waals surface area (Å²) in [5.74, 6) is -0.823. The van der Waals surface area contributed by atoms with Crippen molar-refractivity contribution in [2.24, 2.45) is 0 Å². The van der Waals surface area contributed by atoms with Gasteiger partial charge in [0.1, 0.15) is 5.03 Å². The van der Waals surface area contributed by atoms with Crippen molar-refractivity contribution in [1.29, 1.82) is 0 Å². The molecule has 0 unspecified atom stereocenters. The normalized spacial score (nSPS) is 11.6. The molecule has 0 N–H and O–H groups in total. The molecular weight excluding hydrogens is 375 g/mol. The smallest absolute Gasteiger partial charge is 0.345 e. The molecule has 0 fully saturated rings. The summed E-state index contributed by atoms with van der Waals surface area (Å²) in [6.07, 6.45) is -4.60. The van der Waals surface area contributed by atoms with Gasteiger partial charge in [-0.3, -0.25) is 4.79 Å². The molecule has 8 heteroatoms. The number of fused-ring (bicyclic) bond motifs is 1. The van der Waals surface area contributed by atoms with Gasteiger partial charge >= 0.3 is 6.18 Å². The lowest BCUT2D eigenvalue weighted by Gasteiger charge is -2.11. The monoisotopic (exact) mass is 391 g/mol. The summed E-state index contributed by atoms with van der Waals surface area (Å²) in [7, 11) is 3.34. The minimum atomic E-state index is -4.60. The second-order valence-electron chi connectivity index (χ2n) is 6.05. The van der Waals surface area contributed by atoms with E-state index < -0.39 is 12.0 Å². The van der Waals surface area contributed by atoms with Crippen molar-refractivity contribution >= 4 is 28.6 Å². The fourth-order valence-corrected chi connectivity index (χ4v) is 3.41. The predicted molar refractivity (Wildman–Crippen MR) is 98.6 cm³/mol. The zero-order valence-electron chi connectivity index (χ0n) is 14.6. The Kier molecular flexibility index (Phi) is 5.36. The number of rotatable bonds is 4. The van der Waals surface area contributed by atoms with Gasteiger partial charge in [-0.15, -0.1) is 11.8 Å². The summed E-state index contributed by atoms with van der Waals surface area (Å²) in [5.41, 5.74) is 1.70. The van der Waals surface area contributed by atoms with Gasteiger partial charge in [0, 0.05) is 30.8 Å². The van der Waals surface area contributed by atoms with Gasteiger partial charge in [0.25, 0.3) is 5.91 Å². The molecule has 3 rings (SSSR count). The summed E-state index contributed by atoms with van der Waals surface area (Å²) in [6.45, 7) is 0. The first-order valence-corrected chi connectivity index (χ1v) is 9.01. The number of aromatic nitrogens is 2. The Morgan fingerprint density at radius 1 is 1.04 bits per heavy atom. The van der Waals surface area contributed by atoms with Crippen molar-refractivity contribution in [1.82, 2.24) is 14.9 Å². The van der Waals surface area contributed by atoms with Crippen molar-refractivity contribution in [3.05, 3.63) is 65.5 Å². The van der Waals surface area contributed by atoms with Crippen LogP contribution in [-0.4, -0.2) is 34.9 Å². The Bertz CT molecular complexity index is 972. The number of benzene rings is 2. The molecular formula is C19H16F3N3OS. The van der Waals surface area contributed by atoms with E-state index in [-0.39, 0.29) is 16.4 Å². The number of nitrogens with zero attached hydrogens (tertiary/aromatic N) is 3. The lowest BCUT2D eigenvalue weighted by Crippen LogP contribution is -2.21. The minimum Gasteiger partial charge on any atom is -0.345 e. The maximum Gasteiger partial charge on any atom is 0.451 e. The average Bonchev–Trinajstić information content (AvgIpc) is 2.65. The molecule has 0 aliphatic heterocycles. The van der Waals surface area contributed by atoms with Crippen molar-refractivity contribution in [2.45, 2.75) is 17.0 Å². The predicted octanol–water partition coefficient (Wildman–Crippen LogP) is 4.64. The van der Waals surface area contributed by atoms with Crippen LogP contribution >= 0.6 is 11.8 Å². The molecule has 0 radical (unpaired) electrons. The van der Waals surface area contributed by atoms with Crippen LogP contribution in [0.2, 0.25) is 0 Å². The molecule has 1 heterocycles. The van der Waals surface area contributed by atoms with E-state index in [4.69, 9.17) is 0 Å². The summed E-state index contributed by atoms with van der Waals surface area (Å²) in [4.78, 5) is 20.7. The van der Waals surface area contributed by atoms with E-state index in [0.29, 0.717) is 16.7 Å². The van der Waals surface area contributed by atoms with Gasteiger partial charge in [0.05, 0.1) is 5.52 Å². The van der Waals surface area contributed by atoms with Crippen molar-refractivity contribution in [3.63, 3.8) is 0 Å². The first-order chi connectivity index (χ1) is 12.8. The molecule has 0 atom stereocenters. The number of carbonyl (C=O) groups is 1. The second kappa shape index (κ2) is 7.56. The van der Waals surface area contributed by atoms with E-state index in [1.165, 1.54) is 22.7 Å². The number of alkyl halides is 3. The Labute approximate surface area is 158 Å². The van der Waals surface area contributed by atoms with Gasteiger partial charge in [0.2, 0.25) is 5.82 Å². The first kappa shape index (κ1) is 19.2. The van der Waals surface area contributed by atoms with Gasteiger partial charge in [-0.1, -0.05) is 30.3 Å². The molecule has 0 aliphatic carbocycles. The fourth-order valence-electron chi connectivity index (χ4n) is 2.44. The first-order valence-electron chi connectivity index (χ1n) is 8.03. The number of para-hydroxylation sites is 1. The zero-order chi connectivity index (χ0) is 19.6. The van der Waals surface area contributed by atoms with Crippen LogP contribution in [0.3, 0.4) is 0 Å². The highest BCUT2D eigenvalue weighted by Crippen LogP contribution is 2.33. The van der Waals surface area contributed by atoms with Crippen molar-refractivity contribution < 1.29 is 18.0 Å². The molecule has 1 aromatic heterocycles. The third kappa shape index (κ3) is 4.39. The third-order valence-electron chi connectivity index (χ3n) is 3.80. The third-order valence-corrected chi connectivity index (χ3v) is 4.87. The maximum atomic E-state index is 13.1. The fraction of sp³-hybridized carbons (Fsp3) is 0.211. The molecule has 1 amide bonds. The molecule has 0 saturated carbocycles. The number of thioether (sulfide) groups is 1. The van der Waals surface area contributed by atoms with Gasteiger partial charge in [0.15, 0.2) is 0 Å². The van der Waals surface area contributed by atoms with Crippen molar-refractivity contribution in [2.75, 3.05) is 14.1 Å². The molecule has 0 aliphatic rings. The summed E-state index contributed by atoms with van der Waals surface area (Å²) < 4.78 is 39.2. The number of hydrogen-bond donors (Lipinski definition) is 0. The maximum absolute atomic E-state index is 13.1. The van der Waals surface area contributed by atoms with E-state index in [1.54, 1.807) is 56.6 Å². The van der Waals surface area contributed by atoms with Crippen LogP contribution in [0, 0.1) is 0 Å². The Morgan fingerprint density at radius 3 is 2.33 bits per heavy atom. The summed E-state index contributed by atoms with van der Waals surface area (Å²) in [5, 5.41) is 0.858. The van der Waals surface area contributed by atoms with Crippen LogP contribution in [0.25, 0.3) is 10.9 Å². The summed E-state index contributed by atoms with van der Waals surface area (Å²) >= 11 is 1.21. The zero-order valence-corrected chi connectivity index (χ0v) is 15.4. The van der Waals surface area contributed by atoms with Crippen LogP contribution in [0.5, 0.6) is 0 Å². The Balaban J connectivity index is 1.85. The van der Waals surface area contributed by atoms with E-state index in [1.807, 2.05) is 0 Å². The van der Waals surface area contributed by atoms with Crippen molar-refractivity contribution in [3.8, 4) is 0 Å². The van der Waals surface area contributed by atoms with Crippen LogP contribution in [0.1, 0.15) is 21.7 Å². The minimum absolute atomic E-state index is 0.106. The topological polar surface area (TPSA) is 46.1 Å². The molecule has 3 aromatic rings. The lowest BCUT2D eigenvalue weighted by molar-refractivity contribution is -0.145. The van der Waals surface area contributed by atoms with E-state index in [0.717, 1.165) is 5.56 Å². The van der Waals surface area contributed by atoms with Gasteiger partial charge in [-0.25, -0.2) is 9.97 Å². The number of amides is 1. The second-order valence-corrected chi connectivity index (χ2v) is 7.02. The van der Waals surface area contributed by atoms with E-state index >= 15 is 0 Å². The molecule has 2 aromatic carbocycles. The molecule has 27 heavy (non-hydrogen) atoms. The quantitative estimate of drug-likeness (QED) is 0.480. The standard InChI is InChI=1S/C19H16F3N3OS/c1-25(2)17(26)13-9-7-12(8-10-13)11-27-16-14-5-3-4-6-15(14)23-18(24-16)19(20,21)22/h3-10H,11H2,1-2H3. The van der Waals surface area contributed by atoms with Crippen LogP contribution in [0.4, 0.5) is 13.2 Å². The van der Waals surface area contributed by atoms with Crippen LogP contribution in [-0.2, 0) is 11.9 Å².